The standard InChI is InChI=1S/C14H20O2/c1-14(2,15)12-8-13(9-12)16-10-11-6-4-3-5-7-11/h3-7,12-13,15H,8-10H2,1-2H3. The molecule has 0 aromatic heterocycles. The highest BCUT2D eigenvalue weighted by molar-refractivity contribution is 5.13. The van der Waals surface area contributed by atoms with Crippen LogP contribution in [0.1, 0.15) is 32.3 Å². The Balaban J connectivity index is 1.71. The van der Waals surface area contributed by atoms with E-state index in [2.05, 4.69) is 12.1 Å². The van der Waals surface area contributed by atoms with E-state index in [4.69, 9.17) is 4.74 Å². The zero-order chi connectivity index (χ0) is 11.6. The lowest BCUT2D eigenvalue weighted by Gasteiger charge is -2.42. The average molecular weight is 220 g/mol. The molecular formula is C14H20O2. The molecule has 88 valence electrons. The lowest BCUT2D eigenvalue weighted by atomic mass is 9.72. The van der Waals surface area contributed by atoms with Gasteiger partial charge in [0.1, 0.15) is 0 Å². The van der Waals surface area contributed by atoms with Crippen molar-refractivity contribution in [1.29, 1.82) is 0 Å². The maximum absolute atomic E-state index is 9.78. The maximum Gasteiger partial charge on any atom is 0.0720 e. The summed E-state index contributed by atoms with van der Waals surface area (Å²) in [5.74, 6) is 0.397. The van der Waals surface area contributed by atoms with Crippen LogP contribution in [0.5, 0.6) is 0 Å². The summed E-state index contributed by atoms with van der Waals surface area (Å²) in [6.07, 6.45) is 2.30. The molecule has 0 aliphatic heterocycles. The molecule has 0 saturated heterocycles. The molecule has 1 fully saturated rings. The molecule has 1 N–H and O–H groups in total. The van der Waals surface area contributed by atoms with E-state index in [1.54, 1.807) is 0 Å². The topological polar surface area (TPSA) is 29.5 Å². The molecule has 2 heteroatoms. The van der Waals surface area contributed by atoms with Gasteiger partial charge in [-0.1, -0.05) is 30.3 Å². The summed E-state index contributed by atoms with van der Waals surface area (Å²) < 4.78 is 5.78. The summed E-state index contributed by atoms with van der Waals surface area (Å²) in [4.78, 5) is 0. The van der Waals surface area contributed by atoms with Gasteiger partial charge in [-0.2, -0.15) is 0 Å². The van der Waals surface area contributed by atoms with Gasteiger partial charge >= 0.3 is 0 Å². The second kappa shape index (κ2) is 4.56. The van der Waals surface area contributed by atoms with Crippen LogP contribution in [-0.2, 0) is 11.3 Å². The van der Waals surface area contributed by atoms with Crippen molar-refractivity contribution in [2.45, 2.75) is 45.0 Å². The van der Waals surface area contributed by atoms with Gasteiger partial charge in [0.2, 0.25) is 0 Å². The van der Waals surface area contributed by atoms with E-state index in [9.17, 15) is 5.11 Å². The van der Waals surface area contributed by atoms with Gasteiger partial charge in [0.25, 0.3) is 0 Å². The van der Waals surface area contributed by atoms with Crippen molar-refractivity contribution in [3.05, 3.63) is 35.9 Å². The summed E-state index contributed by atoms with van der Waals surface area (Å²) in [6.45, 7) is 4.44. The fraction of sp³-hybridized carbons (Fsp3) is 0.571. The van der Waals surface area contributed by atoms with Crippen LogP contribution in [0.3, 0.4) is 0 Å². The molecule has 16 heavy (non-hydrogen) atoms. The third-order valence-corrected chi connectivity index (χ3v) is 3.42. The van der Waals surface area contributed by atoms with E-state index in [1.807, 2.05) is 32.0 Å². The van der Waals surface area contributed by atoms with Crippen molar-refractivity contribution < 1.29 is 9.84 Å². The van der Waals surface area contributed by atoms with Crippen molar-refractivity contribution in [3.63, 3.8) is 0 Å². The second-order valence-corrected chi connectivity index (χ2v) is 5.24. The first-order valence-electron chi connectivity index (χ1n) is 5.93. The minimum absolute atomic E-state index is 0.330. The predicted octanol–water partition coefficient (Wildman–Crippen LogP) is 2.75. The highest BCUT2D eigenvalue weighted by Crippen LogP contribution is 2.38. The molecule has 2 nitrogen and oxygen atoms in total. The summed E-state index contributed by atoms with van der Waals surface area (Å²) >= 11 is 0. The van der Waals surface area contributed by atoms with Crippen molar-refractivity contribution in [1.82, 2.24) is 0 Å². The van der Waals surface area contributed by atoms with Crippen LogP contribution >= 0.6 is 0 Å². The highest BCUT2D eigenvalue weighted by atomic mass is 16.5. The van der Waals surface area contributed by atoms with Crippen molar-refractivity contribution in [2.75, 3.05) is 0 Å². The monoisotopic (exact) mass is 220 g/mol. The number of rotatable bonds is 4. The van der Waals surface area contributed by atoms with Gasteiger partial charge in [0.15, 0.2) is 0 Å². The Morgan fingerprint density at radius 3 is 2.44 bits per heavy atom. The molecule has 0 amide bonds. The summed E-state index contributed by atoms with van der Waals surface area (Å²) in [5.41, 5.74) is 0.668. The molecule has 0 spiro atoms. The van der Waals surface area contributed by atoms with Gasteiger partial charge < -0.3 is 9.84 Å². The molecule has 2 rings (SSSR count). The molecule has 1 aliphatic carbocycles. The van der Waals surface area contributed by atoms with Gasteiger partial charge in [0.05, 0.1) is 18.3 Å². The number of hydrogen-bond donors (Lipinski definition) is 1. The van der Waals surface area contributed by atoms with E-state index < -0.39 is 5.60 Å². The van der Waals surface area contributed by atoms with E-state index in [0.29, 0.717) is 18.6 Å². The number of ether oxygens (including phenoxy) is 1. The first-order valence-corrected chi connectivity index (χ1v) is 5.93. The Kier molecular flexibility index (Phi) is 3.31. The van der Waals surface area contributed by atoms with Crippen molar-refractivity contribution in [3.8, 4) is 0 Å². The summed E-state index contributed by atoms with van der Waals surface area (Å²) in [6, 6.07) is 10.2. The maximum atomic E-state index is 9.78. The molecule has 1 aliphatic rings. The van der Waals surface area contributed by atoms with Crippen molar-refractivity contribution >= 4 is 0 Å². The Labute approximate surface area is 97.3 Å². The van der Waals surface area contributed by atoms with Gasteiger partial charge in [0, 0.05) is 0 Å². The molecule has 0 bridgehead atoms. The Hall–Kier alpha value is -0.860. The molecule has 0 atom stereocenters. The normalized spacial score (nSPS) is 25.2. The smallest absolute Gasteiger partial charge is 0.0720 e. The van der Waals surface area contributed by atoms with Crippen LogP contribution in [0.25, 0.3) is 0 Å². The van der Waals surface area contributed by atoms with Crippen LogP contribution in [-0.4, -0.2) is 16.8 Å². The number of aliphatic hydroxyl groups is 1. The lowest BCUT2D eigenvalue weighted by molar-refractivity contribution is -0.108. The Bertz CT molecular complexity index is 320. The molecule has 1 aromatic carbocycles. The van der Waals surface area contributed by atoms with Crippen LogP contribution < -0.4 is 0 Å². The molecule has 0 radical (unpaired) electrons. The van der Waals surface area contributed by atoms with E-state index in [1.165, 1.54) is 5.56 Å². The van der Waals surface area contributed by atoms with Crippen LogP contribution in [0.4, 0.5) is 0 Å². The minimum Gasteiger partial charge on any atom is -0.390 e. The average Bonchev–Trinajstić information content (AvgIpc) is 2.15. The summed E-state index contributed by atoms with van der Waals surface area (Å²) in [7, 11) is 0. The van der Waals surface area contributed by atoms with Crippen LogP contribution in [0.2, 0.25) is 0 Å². The first-order chi connectivity index (χ1) is 7.55. The zero-order valence-corrected chi connectivity index (χ0v) is 10.0. The van der Waals surface area contributed by atoms with Gasteiger partial charge in [-0.15, -0.1) is 0 Å². The minimum atomic E-state index is -0.549. The number of benzene rings is 1. The number of hydrogen-bond acceptors (Lipinski definition) is 2. The van der Waals surface area contributed by atoms with Crippen molar-refractivity contribution in [2.24, 2.45) is 5.92 Å². The van der Waals surface area contributed by atoms with E-state index >= 15 is 0 Å². The van der Waals surface area contributed by atoms with Gasteiger partial charge in [-0.05, 0) is 38.2 Å². The van der Waals surface area contributed by atoms with Crippen LogP contribution in [0.15, 0.2) is 30.3 Å². The third-order valence-electron chi connectivity index (χ3n) is 3.42. The molecular weight excluding hydrogens is 200 g/mol. The fourth-order valence-corrected chi connectivity index (χ4v) is 2.07. The van der Waals surface area contributed by atoms with E-state index in [0.717, 1.165) is 12.8 Å². The highest BCUT2D eigenvalue weighted by Gasteiger charge is 2.39. The Morgan fingerprint density at radius 1 is 1.25 bits per heavy atom. The van der Waals surface area contributed by atoms with Gasteiger partial charge in [-0.25, -0.2) is 0 Å². The predicted molar refractivity (Wildman–Crippen MR) is 64.0 cm³/mol. The van der Waals surface area contributed by atoms with Crippen LogP contribution in [0, 0.1) is 5.92 Å². The first kappa shape index (κ1) is 11.6. The molecule has 0 unspecified atom stereocenters. The molecule has 0 heterocycles. The third kappa shape index (κ3) is 2.83. The second-order valence-electron chi connectivity index (χ2n) is 5.24. The molecule has 1 saturated carbocycles. The largest absolute Gasteiger partial charge is 0.390 e. The molecule has 1 aromatic rings. The van der Waals surface area contributed by atoms with E-state index in [-0.39, 0.29) is 0 Å². The quantitative estimate of drug-likeness (QED) is 0.845. The zero-order valence-electron chi connectivity index (χ0n) is 10.0. The Morgan fingerprint density at radius 2 is 1.88 bits per heavy atom. The lowest BCUT2D eigenvalue weighted by Crippen LogP contribution is -2.44. The summed E-state index contributed by atoms with van der Waals surface area (Å²) in [5, 5.41) is 9.78. The SMILES string of the molecule is CC(C)(O)C1CC(OCc2ccccc2)C1. The fourth-order valence-electron chi connectivity index (χ4n) is 2.07. The van der Waals surface area contributed by atoms with Gasteiger partial charge in [-0.3, -0.25) is 0 Å².